The first-order chi connectivity index (χ1) is 10.1. The lowest BCUT2D eigenvalue weighted by molar-refractivity contribution is 0.294. The van der Waals surface area contributed by atoms with Gasteiger partial charge in [-0.2, -0.15) is 0 Å². The van der Waals surface area contributed by atoms with E-state index in [1.807, 2.05) is 18.2 Å². The number of halogens is 2. The maximum absolute atomic E-state index is 6.18. The number of methoxy groups -OCH3 is 1. The van der Waals surface area contributed by atoms with Crippen LogP contribution in [0.15, 0.2) is 36.4 Å². The number of fused-ring (bicyclic) bond motifs is 1. The maximum Gasteiger partial charge on any atom is 0.119 e. The van der Waals surface area contributed by atoms with Crippen LogP contribution in [0.1, 0.15) is 22.6 Å². The van der Waals surface area contributed by atoms with Crippen LogP contribution in [0, 0.1) is 0 Å². The summed E-state index contributed by atoms with van der Waals surface area (Å²) in [5, 5.41) is 1.21. The van der Waals surface area contributed by atoms with E-state index in [4.69, 9.17) is 27.9 Å². The van der Waals surface area contributed by atoms with Crippen molar-refractivity contribution >= 4 is 23.2 Å². The summed E-state index contributed by atoms with van der Waals surface area (Å²) in [4.78, 5) is 2.31. The minimum Gasteiger partial charge on any atom is -0.497 e. The third kappa shape index (κ3) is 2.89. The van der Waals surface area contributed by atoms with Gasteiger partial charge in [-0.05, 0) is 48.0 Å². The first-order valence-corrected chi connectivity index (χ1v) is 7.64. The normalized spacial score (nSPS) is 18.4. The summed E-state index contributed by atoms with van der Waals surface area (Å²) in [6.45, 7) is 1.90. The molecule has 0 radical (unpaired) electrons. The van der Waals surface area contributed by atoms with Gasteiger partial charge in [0.15, 0.2) is 0 Å². The Labute approximate surface area is 135 Å². The minimum absolute atomic E-state index is 0.305. The van der Waals surface area contributed by atoms with Crippen LogP contribution in [0.5, 0.6) is 5.75 Å². The van der Waals surface area contributed by atoms with E-state index in [-0.39, 0.29) is 0 Å². The summed E-state index contributed by atoms with van der Waals surface area (Å²) < 4.78 is 5.33. The van der Waals surface area contributed by atoms with Crippen LogP contribution in [0.3, 0.4) is 0 Å². The molecule has 0 saturated heterocycles. The lowest BCUT2D eigenvalue weighted by Gasteiger charge is -2.33. The van der Waals surface area contributed by atoms with E-state index >= 15 is 0 Å². The third-order valence-electron chi connectivity index (χ3n) is 4.01. The number of nitrogens with zero attached hydrogens (tertiary/aromatic N) is 1. The highest BCUT2D eigenvalue weighted by atomic mass is 35.5. The van der Waals surface area contributed by atoms with Crippen molar-refractivity contribution in [2.45, 2.75) is 12.5 Å². The molecule has 2 aromatic carbocycles. The van der Waals surface area contributed by atoms with E-state index < -0.39 is 0 Å². The molecule has 2 aromatic rings. The molecule has 1 aliphatic rings. The number of ether oxygens (including phenoxy) is 1. The van der Waals surface area contributed by atoms with Gasteiger partial charge in [0.05, 0.1) is 17.2 Å². The first-order valence-electron chi connectivity index (χ1n) is 6.89. The van der Waals surface area contributed by atoms with Crippen LogP contribution in [0.25, 0.3) is 0 Å². The molecule has 1 atom stereocenters. The monoisotopic (exact) mass is 321 g/mol. The molecule has 0 fully saturated rings. The Hall–Kier alpha value is -1.22. The van der Waals surface area contributed by atoms with E-state index in [9.17, 15) is 0 Å². The molecule has 0 aromatic heterocycles. The van der Waals surface area contributed by atoms with Crippen molar-refractivity contribution in [1.29, 1.82) is 0 Å². The van der Waals surface area contributed by atoms with E-state index in [0.29, 0.717) is 16.0 Å². The summed E-state index contributed by atoms with van der Waals surface area (Å²) in [7, 11) is 3.83. The van der Waals surface area contributed by atoms with Crippen molar-refractivity contribution < 1.29 is 4.74 Å². The molecule has 0 saturated carbocycles. The first kappa shape index (κ1) is 14.7. The van der Waals surface area contributed by atoms with Crippen molar-refractivity contribution in [3.05, 3.63) is 63.1 Å². The van der Waals surface area contributed by atoms with E-state index in [1.54, 1.807) is 7.11 Å². The smallest absolute Gasteiger partial charge is 0.119 e. The second-order valence-corrected chi connectivity index (χ2v) is 6.30. The van der Waals surface area contributed by atoms with Crippen molar-refractivity contribution in [2.24, 2.45) is 0 Å². The zero-order chi connectivity index (χ0) is 15.0. The van der Waals surface area contributed by atoms with Crippen LogP contribution in [-0.2, 0) is 6.54 Å². The van der Waals surface area contributed by atoms with E-state index in [0.717, 1.165) is 18.8 Å². The fourth-order valence-corrected chi connectivity index (χ4v) is 3.27. The van der Waals surface area contributed by atoms with Crippen molar-refractivity contribution in [1.82, 2.24) is 4.90 Å². The van der Waals surface area contributed by atoms with Crippen LogP contribution in [0.4, 0.5) is 0 Å². The molecule has 21 heavy (non-hydrogen) atoms. The number of rotatable bonds is 2. The summed E-state index contributed by atoms with van der Waals surface area (Å²) in [6.07, 6.45) is 0. The van der Waals surface area contributed by atoms with Crippen LogP contribution in [-0.4, -0.2) is 25.6 Å². The van der Waals surface area contributed by atoms with Crippen LogP contribution >= 0.6 is 23.2 Å². The molecule has 0 unspecified atom stereocenters. The molecule has 0 spiro atoms. The SMILES string of the molecule is COc1ccc2c(c1)CN(C)C[C@@H]2c1ccc(Cl)c(Cl)c1. The Morgan fingerprint density at radius 3 is 2.62 bits per heavy atom. The highest BCUT2D eigenvalue weighted by Gasteiger charge is 2.25. The second kappa shape index (κ2) is 5.88. The largest absolute Gasteiger partial charge is 0.497 e. The molecule has 1 heterocycles. The fourth-order valence-electron chi connectivity index (χ4n) is 2.97. The molecule has 1 aliphatic heterocycles. The highest BCUT2D eigenvalue weighted by molar-refractivity contribution is 6.42. The van der Waals surface area contributed by atoms with E-state index in [2.05, 4.69) is 30.1 Å². The molecular weight excluding hydrogens is 305 g/mol. The van der Waals surface area contributed by atoms with Gasteiger partial charge in [-0.3, -0.25) is 0 Å². The summed E-state index contributed by atoms with van der Waals surface area (Å²) in [6, 6.07) is 12.2. The molecule has 0 N–H and O–H groups in total. The van der Waals surface area contributed by atoms with Gasteiger partial charge >= 0.3 is 0 Å². The lowest BCUT2D eigenvalue weighted by atomic mass is 9.85. The lowest BCUT2D eigenvalue weighted by Crippen LogP contribution is -2.31. The molecule has 110 valence electrons. The topological polar surface area (TPSA) is 12.5 Å². The van der Waals surface area contributed by atoms with Gasteiger partial charge in [-0.1, -0.05) is 35.3 Å². The number of likely N-dealkylation sites (N-methyl/N-ethyl adjacent to an activating group) is 1. The average Bonchev–Trinajstić information content (AvgIpc) is 2.48. The maximum atomic E-state index is 6.18. The Balaban J connectivity index is 2.06. The van der Waals surface area contributed by atoms with Gasteiger partial charge in [0, 0.05) is 19.0 Å². The van der Waals surface area contributed by atoms with Gasteiger partial charge in [0.1, 0.15) is 5.75 Å². The number of hydrogen-bond acceptors (Lipinski definition) is 2. The fraction of sp³-hybridized carbons (Fsp3) is 0.294. The molecule has 0 aliphatic carbocycles. The number of hydrogen-bond donors (Lipinski definition) is 0. The summed E-state index contributed by atoms with van der Waals surface area (Å²) in [5.74, 6) is 1.20. The van der Waals surface area contributed by atoms with Gasteiger partial charge in [0.25, 0.3) is 0 Å². The number of benzene rings is 2. The Kier molecular flexibility index (Phi) is 4.12. The summed E-state index contributed by atoms with van der Waals surface area (Å²) >= 11 is 12.2. The van der Waals surface area contributed by atoms with Gasteiger partial charge < -0.3 is 9.64 Å². The molecule has 0 bridgehead atoms. The zero-order valence-electron chi connectivity index (χ0n) is 12.1. The predicted molar refractivity (Wildman–Crippen MR) is 87.6 cm³/mol. The molecule has 2 nitrogen and oxygen atoms in total. The van der Waals surface area contributed by atoms with Crippen molar-refractivity contribution in [3.8, 4) is 5.75 Å². The Morgan fingerprint density at radius 1 is 1.10 bits per heavy atom. The van der Waals surface area contributed by atoms with Gasteiger partial charge in [-0.25, -0.2) is 0 Å². The summed E-state index contributed by atoms with van der Waals surface area (Å²) in [5.41, 5.74) is 3.84. The molecular formula is C17H17Cl2NO. The average molecular weight is 322 g/mol. The third-order valence-corrected chi connectivity index (χ3v) is 4.75. The standard InChI is InChI=1S/C17H17Cl2NO/c1-20-9-12-7-13(21-2)4-5-14(12)15(10-20)11-3-6-16(18)17(19)8-11/h3-8,15H,9-10H2,1-2H3/t15-/m1/s1. The second-order valence-electron chi connectivity index (χ2n) is 5.49. The Morgan fingerprint density at radius 2 is 1.90 bits per heavy atom. The minimum atomic E-state index is 0.305. The Bertz CT molecular complexity index is 672. The van der Waals surface area contributed by atoms with E-state index in [1.165, 1.54) is 16.7 Å². The molecule has 3 rings (SSSR count). The van der Waals surface area contributed by atoms with Crippen molar-refractivity contribution in [3.63, 3.8) is 0 Å². The van der Waals surface area contributed by atoms with Crippen LogP contribution in [0.2, 0.25) is 10.0 Å². The van der Waals surface area contributed by atoms with Gasteiger partial charge in [0.2, 0.25) is 0 Å². The van der Waals surface area contributed by atoms with Crippen LogP contribution < -0.4 is 4.74 Å². The molecule has 0 amide bonds. The predicted octanol–water partition coefficient (Wildman–Crippen LogP) is 4.58. The van der Waals surface area contributed by atoms with Gasteiger partial charge in [-0.15, -0.1) is 0 Å². The zero-order valence-corrected chi connectivity index (χ0v) is 13.6. The quantitative estimate of drug-likeness (QED) is 0.802. The highest BCUT2D eigenvalue weighted by Crippen LogP contribution is 2.36. The van der Waals surface area contributed by atoms with Crippen molar-refractivity contribution in [2.75, 3.05) is 20.7 Å². The molecule has 4 heteroatoms.